The van der Waals surface area contributed by atoms with Crippen LogP contribution in [0.15, 0.2) is 48.5 Å². The minimum Gasteiger partial charge on any atom is -0.325 e. The molecule has 1 amide bonds. The van der Waals surface area contributed by atoms with Crippen LogP contribution in [-0.4, -0.2) is 5.91 Å². The Morgan fingerprint density at radius 3 is 2.67 bits per heavy atom. The number of hydrogen-bond donors (Lipinski definition) is 1. The molecule has 0 spiro atoms. The highest BCUT2D eigenvalue weighted by Gasteiger charge is 2.06. The summed E-state index contributed by atoms with van der Waals surface area (Å²) in [7, 11) is 0. The molecule has 0 aliphatic rings. The second-order valence-electron chi connectivity index (χ2n) is 3.83. The predicted molar refractivity (Wildman–Crippen MR) is 77.9 cm³/mol. The highest BCUT2D eigenvalue weighted by Crippen LogP contribution is 2.17. The number of amides is 1. The summed E-state index contributed by atoms with van der Waals surface area (Å²) < 4.78 is 14.0. The quantitative estimate of drug-likeness (QED) is 0.838. The van der Waals surface area contributed by atoms with Gasteiger partial charge in [0.05, 0.1) is 12.1 Å². The van der Waals surface area contributed by atoms with Crippen LogP contribution >= 0.6 is 22.6 Å². The standard InChI is InChI=1S/C14H11FINO/c15-11-5-3-4-10(8-11)9-14(18)17-13-7-2-1-6-12(13)16/h1-8H,9H2,(H,17,18). The number of hydrogen-bond acceptors (Lipinski definition) is 1. The first-order valence-corrected chi connectivity index (χ1v) is 6.52. The second-order valence-corrected chi connectivity index (χ2v) is 5.00. The SMILES string of the molecule is O=C(Cc1cccc(F)c1)Nc1ccccc1I. The van der Waals surface area contributed by atoms with Crippen LogP contribution in [-0.2, 0) is 11.2 Å². The first kappa shape index (κ1) is 13.0. The number of halogens is 2. The summed E-state index contributed by atoms with van der Waals surface area (Å²) in [5.74, 6) is -0.473. The molecule has 0 fully saturated rings. The van der Waals surface area contributed by atoms with E-state index in [-0.39, 0.29) is 18.1 Å². The van der Waals surface area contributed by atoms with Crippen molar-refractivity contribution >= 4 is 34.2 Å². The van der Waals surface area contributed by atoms with Crippen LogP contribution < -0.4 is 5.32 Å². The fraction of sp³-hybridized carbons (Fsp3) is 0.0714. The number of nitrogens with one attached hydrogen (secondary N) is 1. The van der Waals surface area contributed by atoms with Gasteiger partial charge in [-0.1, -0.05) is 24.3 Å². The third kappa shape index (κ3) is 3.53. The van der Waals surface area contributed by atoms with Crippen molar-refractivity contribution < 1.29 is 9.18 Å². The molecule has 0 aromatic heterocycles. The third-order valence-corrected chi connectivity index (χ3v) is 3.34. The molecule has 2 nitrogen and oxygen atoms in total. The maximum atomic E-state index is 13.0. The second kappa shape index (κ2) is 5.95. The van der Waals surface area contributed by atoms with Crippen LogP contribution in [0.3, 0.4) is 0 Å². The van der Waals surface area contributed by atoms with Gasteiger partial charge in [0.25, 0.3) is 0 Å². The van der Waals surface area contributed by atoms with Crippen molar-refractivity contribution in [3.63, 3.8) is 0 Å². The van der Waals surface area contributed by atoms with Crippen molar-refractivity contribution in [2.45, 2.75) is 6.42 Å². The summed E-state index contributed by atoms with van der Waals surface area (Å²) in [5.41, 5.74) is 1.44. The van der Waals surface area contributed by atoms with Crippen LogP contribution in [0, 0.1) is 9.39 Å². The van der Waals surface area contributed by atoms with E-state index >= 15 is 0 Å². The van der Waals surface area contributed by atoms with Gasteiger partial charge in [0.2, 0.25) is 5.91 Å². The normalized spacial score (nSPS) is 10.1. The van der Waals surface area contributed by atoms with Gasteiger partial charge < -0.3 is 5.32 Å². The number of benzene rings is 2. The third-order valence-electron chi connectivity index (χ3n) is 2.40. The molecule has 0 aliphatic heterocycles. The Morgan fingerprint density at radius 2 is 1.94 bits per heavy atom. The number of carbonyl (C=O) groups excluding carboxylic acids is 1. The summed E-state index contributed by atoms with van der Waals surface area (Å²) in [4.78, 5) is 11.8. The van der Waals surface area contributed by atoms with E-state index in [4.69, 9.17) is 0 Å². The van der Waals surface area contributed by atoms with Gasteiger partial charge in [-0.15, -0.1) is 0 Å². The van der Waals surface area contributed by atoms with Crippen molar-refractivity contribution in [3.05, 3.63) is 63.5 Å². The predicted octanol–water partition coefficient (Wildman–Crippen LogP) is 3.61. The van der Waals surface area contributed by atoms with E-state index in [0.717, 1.165) is 9.26 Å². The molecule has 0 saturated heterocycles. The van der Waals surface area contributed by atoms with Crippen molar-refractivity contribution in [1.82, 2.24) is 0 Å². The average molecular weight is 355 g/mol. The Kier molecular flexibility index (Phi) is 4.30. The van der Waals surface area contributed by atoms with E-state index in [1.165, 1.54) is 12.1 Å². The van der Waals surface area contributed by atoms with Gasteiger partial charge in [0, 0.05) is 3.57 Å². The zero-order chi connectivity index (χ0) is 13.0. The van der Waals surface area contributed by atoms with Crippen molar-refractivity contribution in [2.24, 2.45) is 0 Å². The summed E-state index contributed by atoms with van der Waals surface area (Å²) in [5, 5.41) is 2.81. The Balaban J connectivity index is 2.03. The zero-order valence-corrected chi connectivity index (χ0v) is 11.6. The molecule has 0 unspecified atom stereocenters. The van der Waals surface area contributed by atoms with Gasteiger partial charge in [-0.05, 0) is 52.4 Å². The first-order valence-electron chi connectivity index (χ1n) is 5.44. The Labute approximate surface area is 118 Å². The molecule has 2 aromatic carbocycles. The molecule has 0 radical (unpaired) electrons. The maximum Gasteiger partial charge on any atom is 0.228 e. The fourth-order valence-electron chi connectivity index (χ4n) is 1.59. The lowest BCUT2D eigenvalue weighted by Crippen LogP contribution is -2.15. The van der Waals surface area contributed by atoms with Crippen LogP contribution in [0.2, 0.25) is 0 Å². The van der Waals surface area contributed by atoms with E-state index < -0.39 is 0 Å². The van der Waals surface area contributed by atoms with Crippen molar-refractivity contribution in [1.29, 1.82) is 0 Å². The molecule has 2 aromatic rings. The lowest BCUT2D eigenvalue weighted by atomic mass is 10.1. The van der Waals surface area contributed by atoms with E-state index in [0.29, 0.717) is 5.56 Å². The Morgan fingerprint density at radius 1 is 1.17 bits per heavy atom. The zero-order valence-electron chi connectivity index (χ0n) is 9.49. The molecular weight excluding hydrogens is 344 g/mol. The molecule has 4 heteroatoms. The molecular formula is C14H11FINO. The molecule has 0 saturated carbocycles. The average Bonchev–Trinajstić information content (AvgIpc) is 2.32. The van der Waals surface area contributed by atoms with Crippen LogP contribution in [0.4, 0.5) is 10.1 Å². The number of para-hydroxylation sites is 1. The largest absolute Gasteiger partial charge is 0.325 e. The van der Waals surface area contributed by atoms with Gasteiger partial charge in [0.15, 0.2) is 0 Å². The van der Waals surface area contributed by atoms with E-state index in [1.54, 1.807) is 12.1 Å². The van der Waals surface area contributed by atoms with Gasteiger partial charge >= 0.3 is 0 Å². The van der Waals surface area contributed by atoms with Crippen LogP contribution in [0.5, 0.6) is 0 Å². The van der Waals surface area contributed by atoms with Gasteiger partial charge in [0.1, 0.15) is 5.82 Å². The molecule has 2 rings (SSSR count). The molecule has 1 N–H and O–H groups in total. The Bertz CT molecular complexity index is 571. The molecule has 0 atom stereocenters. The topological polar surface area (TPSA) is 29.1 Å². The summed E-state index contributed by atoms with van der Waals surface area (Å²) in [6, 6.07) is 13.6. The summed E-state index contributed by atoms with van der Waals surface area (Å²) >= 11 is 2.16. The molecule has 0 aliphatic carbocycles. The number of carbonyl (C=O) groups is 1. The summed E-state index contributed by atoms with van der Waals surface area (Å²) in [6.45, 7) is 0. The number of anilines is 1. The molecule has 18 heavy (non-hydrogen) atoms. The van der Waals surface area contributed by atoms with Gasteiger partial charge in [-0.25, -0.2) is 4.39 Å². The van der Waals surface area contributed by atoms with Gasteiger partial charge in [-0.2, -0.15) is 0 Å². The lowest BCUT2D eigenvalue weighted by molar-refractivity contribution is -0.115. The van der Waals surface area contributed by atoms with Gasteiger partial charge in [-0.3, -0.25) is 4.79 Å². The number of rotatable bonds is 3. The molecule has 0 bridgehead atoms. The van der Waals surface area contributed by atoms with Crippen molar-refractivity contribution in [3.8, 4) is 0 Å². The highest BCUT2D eigenvalue weighted by atomic mass is 127. The van der Waals surface area contributed by atoms with E-state index in [9.17, 15) is 9.18 Å². The molecule has 0 heterocycles. The fourth-order valence-corrected chi connectivity index (χ4v) is 2.11. The molecule has 92 valence electrons. The summed E-state index contributed by atoms with van der Waals surface area (Å²) in [6.07, 6.45) is 0.169. The van der Waals surface area contributed by atoms with Crippen LogP contribution in [0.25, 0.3) is 0 Å². The smallest absolute Gasteiger partial charge is 0.228 e. The Hall–Kier alpha value is -1.43. The maximum absolute atomic E-state index is 13.0. The first-order chi connectivity index (χ1) is 8.65. The monoisotopic (exact) mass is 355 g/mol. The van der Waals surface area contributed by atoms with Crippen molar-refractivity contribution in [2.75, 3.05) is 5.32 Å². The minimum absolute atomic E-state index is 0.148. The minimum atomic E-state index is -0.324. The van der Waals surface area contributed by atoms with Crippen LogP contribution in [0.1, 0.15) is 5.56 Å². The lowest BCUT2D eigenvalue weighted by Gasteiger charge is -2.07. The van der Waals surface area contributed by atoms with E-state index in [2.05, 4.69) is 27.9 Å². The highest BCUT2D eigenvalue weighted by molar-refractivity contribution is 14.1. The van der Waals surface area contributed by atoms with E-state index in [1.807, 2.05) is 24.3 Å².